The fourth-order valence-corrected chi connectivity index (χ4v) is 3.15. The molecule has 2 aliphatic heterocycles. The van der Waals surface area contributed by atoms with E-state index in [9.17, 15) is 0 Å². The fourth-order valence-electron chi connectivity index (χ4n) is 3.15. The molecule has 2 aliphatic rings. The van der Waals surface area contributed by atoms with E-state index in [1.165, 1.54) is 45.3 Å². The van der Waals surface area contributed by atoms with Crippen LogP contribution in [0.25, 0.3) is 0 Å². The van der Waals surface area contributed by atoms with Gasteiger partial charge in [-0.25, -0.2) is 0 Å². The van der Waals surface area contributed by atoms with Crippen molar-refractivity contribution >= 4 is 12.4 Å². The standard InChI is InChI=1S/C13H26N2O.ClH/c1-2-13(4-7-16-8-5-13)11-15-6-3-12(9-14)10-15;/h12H,2-11,14H2,1H3;1H. The summed E-state index contributed by atoms with van der Waals surface area (Å²) in [5.41, 5.74) is 6.28. The first-order chi connectivity index (χ1) is 7.78. The van der Waals surface area contributed by atoms with Gasteiger partial charge in [-0.1, -0.05) is 6.92 Å². The van der Waals surface area contributed by atoms with E-state index in [1.807, 2.05) is 0 Å². The van der Waals surface area contributed by atoms with Gasteiger partial charge in [-0.2, -0.15) is 0 Å². The number of ether oxygens (including phenoxy) is 1. The van der Waals surface area contributed by atoms with Crippen LogP contribution in [0, 0.1) is 11.3 Å². The molecule has 0 amide bonds. The van der Waals surface area contributed by atoms with Gasteiger partial charge >= 0.3 is 0 Å². The van der Waals surface area contributed by atoms with Gasteiger partial charge in [0.15, 0.2) is 0 Å². The topological polar surface area (TPSA) is 38.5 Å². The lowest BCUT2D eigenvalue weighted by Gasteiger charge is -2.39. The minimum Gasteiger partial charge on any atom is -0.381 e. The number of nitrogens with zero attached hydrogens (tertiary/aromatic N) is 1. The lowest BCUT2D eigenvalue weighted by Crippen LogP contribution is -2.40. The van der Waals surface area contributed by atoms with E-state index in [1.54, 1.807) is 0 Å². The molecule has 102 valence electrons. The molecule has 2 N–H and O–H groups in total. The number of halogens is 1. The SMILES string of the molecule is CCC1(CN2CCC(CN)C2)CCOCC1.Cl. The van der Waals surface area contributed by atoms with Crippen molar-refractivity contribution in [2.45, 2.75) is 32.6 Å². The number of rotatable bonds is 4. The van der Waals surface area contributed by atoms with Crippen LogP contribution in [0.1, 0.15) is 32.6 Å². The maximum Gasteiger partial charge on any atom is 0.0471 e. The van der Waals surface area contributed by atoms with Crippen molar-refractivity contribution in [2.75, 3.05) is 39.4 Å². The quantitative estimate of drug-likeness (QED) is 0.841. The molecule has 0 radical (unpaired) electrons. The van der Waals surface area contributed by atoms with Crippen LogP contribution in [-0.4, -0.2) is 44.3 Å². The van der Waals surface area contributed by atoms with Crippen LogP contribution in [-0.2, 0) is 4.74 Å². The average Bonchev–Trinajstić information content (AvgIpc) is 2.78. The molecule has 0 aromatic carbocycles. The molecule has 0 aromatic rings. The first kappa shape index (κ1) is 15.2. The highest BCUT2D eigenvalue weighted by Gasteiger charge is 2.34. The van der Waals surface area contributed by atoms with Gasteiger partial charge in [-0.05, 0) is 50.1 Å². The summed E-state index contributed by atoms with van der Waals surface area (Å²) in [6.45, 7) is 8.86. The van der Waals surface area contributed by atoms with Gasteiger partial charge in [0.2, 0.25) is 0 Å². The Kier molecular flexibility index (Phi) is 6.21. The Hall–Kier alpha value is 0.170. The zero-order chi connectivity index (χ0) is 11.4. The predicted molar refractivity (Wildman–Crippen MR) is 73.6 cm³/mol. The predicted octanol–water partition coefficient (Wildman–Crippen LogP) is 1.90. The first-order valence-corrected chi connectivity index (χ1v) is 6.78. The van der Waals surface area contributed by atoms with Crippen molar-refractivity contribution in [3.63, 3.8) is 0 Å². The Balaban J connectivity index is 0.00000144. The van der Waals surface area contributed by atoms with Gasteiger partial charge in [-0.15, -0.1) is 12.4 Å². The van der Waals surface area contributed by atoms with Crippen molar-refractivity contribution < 1.29 is 4.74 Å². The second-order valence-corrected chi connectivity index (χ2v) is 5.59. The molecule has 3 nitrogen and oxygen atoms in total. The van der Waals surface area contributed by atoms with Gasteiger partial charge in [-0.3, -0.25) is 0 Å². The fraction of sp³-hybridized carbons (Fsp3) is 1.00. The van der Waals surface area contributed by atoms with Gasteiger partial charge in [0, 0.05) is 26.3 Å². The molecule has 0 aromatic heterocycles. The van der Waals surface area contributed by atoms with Crippen LogP contribution >= 0.6 is 12.4 Å². The van der Waals surface area contributed by atoms with Crippen LogP contribution in [0.15, 0.2) is 0 Å². The smallest absolute Gasteiger partial charge is 0.0471 e. The van der Waals surface area contributed by atoms with Gasteiger partial charge in [0.05, 0.1) is 0 Å². The van der Waals surface area contributed by atoms with Crippen LogP contribution in [0.4, 0.5) is 0 Å². The van der Waals surface area contributed by atoms with E-state index in [4.69, 9.17) is 10.5 Å². The van der Waals surface area contributed by atoms with Gasteiger partial charge in [0.1, 0.15) is 0 Å². The molecule has 2 fully saturated rings. The zero-order valence-electron chi connectivity index (χ0n) is 11.0. The number of nitrogens with two attached hydrogens (primary N) is 1. The highest BCUT2D eigenvalue weighted by Crippen LogP contribution is 2.36. The summed E-state index contributed by atoms with van der Waals surface area (Å²) in [6.07, 6.45) is 5.08. The van der Waals surface area contributed by atoms with Gasteiger partial charge in [0.25, 0.3) is 0 Å². The summed E-state index contributed by atoms with van der Waals surface area (Å²) in [7, 11) is 0. The van der Waals surface area contributed by atoms with E-state index in [2.05, 4.69) is 11.8 Å². The minimum absolute atomic E-state index is 0. The molecule has 0 bridgehead atoms. The molecule has 2 saturated heterocycles. The average molecular weight is 263 g/mol. The largest absolute Gasteiger partial charge is 0.381 e. The maximum absolute atomic E-state index is 5.75. The monoisotopic (exact) mass is 262 g/mol. The van der Waals surface area contributed by atoms with Crippen LogP contribution in [0.2, 0.25) is 0 Å². The maximum atomic E-state index is 5.75. The summed E-state index contributed by atoms with van der Waals surface area (Å²) < 4.78 is 5.49. The lowest BCUT2D eigenvalue weighted by atomic mass is 9.77. The van der Waals surface area contributed by atoms with Crippen LogP contribution in [0.5, 0.6) is 0 Å². The Morgan fingerprint density at radius 2 is 2.06 bits per heavy atom. The van der Waals surface area contributed by atoms with Crippen LogP contribution < -0.4 is 5.73 Å². The number of hydrogen-bond acceptors (Lipinski definition) is 3. The van der Waals surface area contributed by atoms with E-state index in [-0.39, 0.29) is 12.4 Å². The van der Waals surface area contributed by atoms with Crippen molar-refractivity contribution in [1.29, 1.82) is 0 Å². The van der Waals surface area contributed by atoms with Crippen molar-refractivity contribution in [3.8, 4) is 0 Å². The summed E-state index contributed by atoms with van der Waals surface area (Å²) in [5.74, 6) is 0.744. The van der Waals surface area contributed by atoms with E-state index in [0.29, 0.717) is 5.41 Å². The first-order valence-electron chi connectivity index (χ1n) is 6.78. The van der Waals surface area contributed by atoms with Crippen molar-refractivity contribution in [1.82, 2.24) is 4.90 Å². The third-order valence-corrected chi connectivity index (χ3v) is 4.57. The highest BCUT2D eigenvalue weighted by molar-refractivity contribution is 5.85. The molecule has 0 spiro atoms. The molecular weight excluding hydrogens is 236 g/mol. The Morgan fingerprint density at radius 3 is 2.59 bits per heavy atom. The van der Waals surface area contributed by atoms with Crippen LogP contribution in [0.3, 0.4) is 0 Å². The molecule has 4 heteroatoms. The molecule has 2 heterocycles. The minimum atomic E-state index is 0. The van der Waals surface area contributed by atoms with Gasteiger partial charge < -0.3 is 15.4 Å². The number of hydrogen-bond donors (Lipinski definition) is 1. The Labute approximate surface area is 111 Å². The summed E-state index contributed by atoms with van der Waals surface area (Å²) in [6, 6.07) is 0. The molecule has 1 unspecified atom stereocenters. The highest BCUT2D eigenvalue weighted by atomic mass is 35.5. The summed E-state index contributed by atoms with van der Waals surface area (Å²) in [4.78, 5) is 2.63. The molecule has 0 saturated carbocycles. The Bertz CT molecular complexity index is 219. The van der Waals surface area contributed by atoms with Crippen molar-refractivity contribution in [2.24, 2.45) is 17.1 Å². The summed E-state index contributed by atoms with van der Waals surface area (Å²) >= 11 is 0. The van der Waals surface area contributed by atoms with E-state index in [0.717, 1.165) is 25.7 Å². The Morgan fingerprint density at radius 1 is 1.35 bits per heavy atom. The second-order valence-electron chi connectivity index (χ2n) is 5.59. The summed E-state index contributed by atoms with van der Waals surface area (Å²) in [5, 5.41) is 0. The van der Waals surface area contributed by atoms with Crippen molar-refractivity contribution in [3.05, 3.63) is 0 Å². The number of likely N-dealkylation sites (tertiary alicyclic amines) is 1. The molecule has 2 rings (SSSR count). The molecule has 1 atom stereocenters. The van der Waals surface area contributed by atoms with E-state index < -0.39 is 0 Å². The third kappa shape index (κ3) is 3.82. The third-order valence-electron chi connectivity index (χ3n) is 4.57. The molecule has 17 heavy (non-hydrogen) atoms. The molecular formula is C13H27ClN2O. The lowest BCUT2D eigenvalue weighted by molar-refractivity contribution is -0.00390. The van der Waals surface area contributed by atoms with E-state index >= 15 is 0 Å². The normalized spacial score (nSPS) is 28.9. The molecule has 0 aliphatic carbocycles. The zero-order valence-corrected chi connectivity index (χ0v) is 11.8. The second kappa shape index (κ2) is 6.93.